The van der Waals surface area contributed by atoms with Crippen molar-refractivity contribution in [2.24, 2.45) is 17.3 Å². The zero-order valence-corrected chi connectivity index (χ0v) is 14.7. The monoisotopic (exact) mass is 385 g/mol. The highest BCUT2D eigenvalue weighted by molar-refractivity contribution is 14.1. The van der Waals surface area contributed by atoms with Crippen LogP contribution in [0, 0.1) is 20.8 Å². The molecule has 0 aromatic heterocycles. The first-order valence-electron chi connectivity index (χ1n) is 7.56. The van der Waals surface area contributed by atoms with E-state index >= 15 is 0 Å². The number of benzene rings is 1. The summed E-state index contributed by atoms with van der Waals surface area (Å²) in [5.41, 5.74) is 1.87. The number of nitrogens with one attached hydrogen (secondary N) is 1. The fraction of sp³-hybridized carbons (Fsp3) is 0.647. The molecule has 0 amide bonds. The molecule has 1 aromatic carbocycles. The van der Waals surface area contributed by atoms with Crippen molar-refractivity contribution in [3.05, 3.63) is 27.3 Å². The Morgan fingerprint density at radius 3 is 2.55 bits per heavy atom. The molecular formula is C17H24INO. The second-order valence-electron chi connectivity index (χ2n) is 6.96. The van der Waals surface area contributed by atoms with Gasteiger partial charge in [0.2, 0.25) is 0 Å². The van der Waals surface area contributed by atoms with Crippen molar-refractivity contribution in [2.75, 3.05) is 7.11 Å². The van der Waals surface area contributed by atoms with E-state index in [0.29, 0.717) is 11.5 Å². The van der Waals surface area contributed by atoms with Gasteiger partial charge < -0.3 is 10.1 Å². The van der Waals surface area contributed by atoms with Crippen molar-refractivity contribution < 1.29 is 4.74 Å². The van der Waals surface area contributed by atoms with Gasteiger partial charge in [0.25, 0.3) is 0 Å². The van der Waals surface area contributed by atoms with Crippen LogP contribution in [0.5, 0.6) is 5.75 Å². The fourth-order valence-electron chi connectivity index (χ4n) is 4.01. The largest absolute Gasteiger partial charge is 0.496 e. The minimum atomic E-state index is 0.595. The summed E-state index contributed by atoms with van der Waals surface area (Å²) in [6.07, 6.45) is 4.14. The lowest BCUT2D eigenvalue weighted by Crippen LogP contribution is -2.55. The van der Waals surface area contributed by atoms with Crippen molar-refractivity contribution >= 4 is 22.6 Å². The van der Waals surface area contributed by atoms with Gasteiger partial charge in [0.05, 0.1) is 7.11 Å². The van der Waals surface area contributed by atoms with Crippen LogP contribution < -0.4 is 10.1 Å². The van der Waals surface area contributed by atoms with E-state index in [9.17, 15) is 0 Å². The summed E-state index contributed by atoms with van der Waals surface area (Å²) in [6.45, 7) is 5.82. The first-order chi connectivity index (χ1) is 9.50. The molecule has 3 fully saturated rings. The van der Waals surface area contributed by atoms with Crippen LogP contribution in [-0.2, 0) is 6.54 Å². The predicted octanol–water partition coefficient (Wildman–Crippen LogP) is 4.21. The van der Waals surface area contributed by atoms with Gasteiger partial charge >= 0.3 is 0 Å². The normalized spacial score (nSPS) is 30.7. The Bertz CT molecular complexity index is 486. The fourth-order valence-corrected chi connectivity index (χ4v) is 4.57. The van der Waals surface area contributed by atoms with Crippen LogP contribution >= 0.6 is 22.6 Å². The number of fused-ring (bicyclic) bond motifs is 2. The second-order valence-corrected chi connectivity index (χ2v) is 8.20. The summed E-state index contributed by atoms with van der Waals surface area (Å²) >= 11 is 2.36. The maximum absolute atomic E-state index is 5.46. The van der Waals surface area contributed by atoms with E-state index < -0.39 is 0 Å². The number of rotatable bonds is 4. The van der Waals surface area contributed by atoms with Gasteiger partial charge in [-0.3, -0.25) is 0 Å². The summed E-state index contributed by atoms with van der Waals surface area (Å²) in [7, 11) is 1.75. The van der Waals surface area contributed by atoms with E-state index in [1.807, 2.05) is 0 Å². The number of halogens is 1. The van der Waals surface area contributed by atoms with Crippen molar-refractivity contribution in [3.63, 3.8) is 0 Å². The van der Waals surface area contributed by atoms with E-state index in [1.54, 1.807) is 7.11 Å². The van der Waals surface area contributed by atoms with Gasteiger partial charge in [-0.25, -0.2) is 0 Å². The Morgan fingerprint density at radius 1 is 1.25 bits per heavy atom. The van der Waals surface area contributed by atoms with Crippen LogP contribution in [0.4, 0.5) is 0 Å². The molecule has 0 radical (unpaired) electrons. The second kappa shape index (κ2) is 5.48. The van der Waals surface area contributed by atoms with Crippen molar-refractivity contribution in [2.45, 2.75) is 45.7 Å². The van der Waals surface area contributed by atoms with Crippen LogP contribution in [0.1, 0.15) is 38.7 Å². The summed E-state index contributed by atoms with van der Waals surface area (Å²) in [5.74, 6) is 2.85. The molecule has 2 nitrogen and oxygen atoms in total. The molecule has 3 aliphatic carbocycles. The zero-order valence-electron chi connectivity index (χ0n) is 12.6. The zero-order chi connectivity index (χ0) is 14.3. The molecule has 1 aromatic rings. The Balaban J connectivity index is 1.60. The molecule has 2 bridgehead atoms. The molecule has 3 heteroatoms. The molecule has 0 heterocycles. The van der Waals surface area contributed by atoms with E-state index in [-0.39, 0.29) is 0 Å². The topological polar surface area (TPSA) is 21.3 Å². The van der Waals surface area contributed by atoms with Crippen molar-refractivity contribution in [1.29, 1.82) is 0 Å². The lowest BCUT2D eigenvalue weighted by Gasteiger charge is -2.59. The molecule has 20 heavy (non-hydrogen) atoms. The number of ether oxygens (including phenoxy) is 1. The van der Waals surface area contributed by atoms with Crippen LogP contribution in [0.25, 0.3) is 0 Å². The van der Waals surface area contributed by atoms with Crippen LogP contribution in [-0.4, -0.2) is 13.2 Å². The Kier molecular flexibility index (Phi) is 4.01. The number of methoxy groups -OCH3 is 1. The van der Waals surface area contributed by atoms with Gasteiger partial charge in [-0.2, -0.15) is 0 Å². The number of hydrogen-bond donors (Lipinski definition) is 1. The highest BCUT2D eigenvalue weighted by Gasteiger charge is 2.52. The molecular weight excluding hydrogens is 361 g/mol. The van der Waals surface area contributed by atoms with E-state index in [4.69, 9.17) is 4.74 Å². The van der Waals surface area contributed by atoms with Gasteiger partial charge in [0, 0.05) is 21.7 Å². The molecule has 3 saturated carbocycles. The Morgan fingerprint density at radius 2 is 1.95 bits per heavy atom. The average Bonchev–Trinajstić information content (AvgIpc) is 2.45. The highest BCUT2D eigenvalue weighted by atomic mass is 127. The first-order valence-corrected chi connectivity index (χ1v) is 8.64. The predicted molar refractivity (Wildman–Crippen MR) is 91.0 cm³/mol. The minimum Gasteiger partial charge on any atom is -0.496 e. The third-order valence-corrected chi connectivity index (χ3v) is 6.31. The van der Waals surface area contributed by atoms with E-state index in [1.165, 1.54) is 28.4 Å². The maximum atomic E-state index is 5.46. The smallest absolute Gasteiger partial charge is 0.123 e. The molecule has 1 N–H and O–H groups in total. The van der Waals surface area contributed by atoms with Gasteiger partial charge in [-0.15, -0.1) is 0 Å². The van der Waals surface area contributed by atoms with Gasteiger partial charge in [0.1, 0.15) is 5.75 Å². The third-order valence-electron chi connectivity index (χ3n) is 5.64. The summed E-state index contributed by atoms with van der Waals surface area (Å²) in [4.78, 5) is 0. The molecule has 1 unspecified atom stereocenters. The molecule has 4 rings (SSSR count). The van der Waals surface area contributed by atoms with Crippen LogP contribution in [0.2, 0.25) is 0 Å². The van der Waals surface area contributed by atoms with E-state index in [0.717, 1.165) is 24.1 Å². The molecule has 0 spiro atoms. The van der Waals surface area contributed by atoms with Gasteiger partial charge in [0.15, 0.2) is 0 Å². The summed E-state index contributed by atoms with van der Waals surface area (Å²) in [5, 5.41) is 3.76. The minimum absolute atomic E-state index is 0.595. The maximum Gasteiger partial charge on any atom is 0.123 e. The molecule has 0 saturated heterocycles. The Labute approximate surface area is 135 Å². The van der Waals surface area contributed by atoms with Crippen molar-refractivity contribution in [1.82, 2.24) is 5.32 Å². The molecule has 110 valence electrons. The van der Waals surface area contributed by atoms with Gasteiger partial charge in [-0.05, 0) is 77.3 Å². The lowest BCUT2D eigenvalue weighted by molar-refractivity contribution is -0.0787. The standard InChI is InChI=1S/C17H24INO/c1-17(2)12-7-13(17)9-15(8-12)19-10-11-6-14(18)4-5-16(11)20-3/h4-6,12-13,15,19H,7-10H2,1-3H3/t12-,13+,15?. The highest BCUT2D eigenvalue weighted by Crippen LogP contribution is 2.59. The third kappa shape index (κ3) is 2.59. The lowest BCUT2D eigenvalue weighted by atomic mass is 9.48. The summed E-state index contributed by atoms with van der Waals surface area (Å²) < 4.78 is 6.73. The van der Waals surface area contributed by atoms with Crippen LogP contribution in [0.15, 0.2) is 18.2 Å². The van der Waals surface area contributed by atoms with Gasteiger partial charge in [-0.1, -0.05) is 13.8 Å². The average molecular weight is 385 g/mol. The first kappa shape index (κ1) is 14.6. The van der Waals surface area contributed by atoms with Crippen LogP contribution in [0.3, 0.4) is 0 Å². The summed E-state index contributed by atoms with van der Waals surface area (Å²) in [6, 6.07) is 7.08. The molecule has 3 atom stereocenters. The Hall–Kier alpha value is -0.290. The molecule has 3 aliphatic rings. The number of hydrogen-bond acceptors (Lipinski definition) is 2. The van der Waals surface area contributed by atoms with Crippen molar-refractivity contribution in [3.8, 4) is 5.75 Å². The molecule has 0 aliphatic heterocycles. The van der Waals surface area contributed by atoms with E-state index in [2.05, 4.69) is 60.0 Å². The quantitative estimate of drug-likeness (QED) is 0.784. The SMILES string of the molecule is COc1ccc(I)cc1CNC1C[C@@H]2C[C@H](C1)C2(C)C.